The van der Waals surface area contributed by atoms with E-state index in [0.29, 0.717) is 23.3 Å². The van der Waals surface area contributed by atoms with E-state index in [1.165, 1.54) is 21.8 Å². The molecule has 2 bridgehead atoms. The van der Waals surface area contributed by atoms with Crippen molar-refractivity contribution in [3.63, 3.8) is 0 Å². The summed E-state index contributed by atoms with van der Waals surface area (Å²) in [4.78, 5) is 45.7. The van der Waals surface area contributed by atoms with Gasteiger partial charge in [-0.1, -0.05) is 6.07 Å². The van der Waals surface area contributed by atoms with Crippen LogP contribution < -0.4 is 24.8 Å². The minimum absolute atomic E-state index is 0.249. The van der Waals surface area contributed by atoms with Crippen LogP contribution in [0.25, 0.3) is 21.0 Å². The lowest BCUT2D eigenvalue weighted by atomic mass is 10.2. The van der Waals surface area contributed by atoms with Crippen molar-refractivity contribution in [3.8, 4) is 11.5 Å². The molecule has 9 nitrogen and oxygen atoms in total. The number of anilines is 1. The molecule has 0 amide bonds. The van der Waals surface area contributed by atoms with Crippen LogP contribution in [0.5, 0.6) is 11.5 Å². The highest BCUT2D eigenvalue weighted by Gasteiger charge is 2.28. The third-order valence-electron chi connectivity index (χ3n) is 6.77. The molecule has 37 heavy (non-hydrogen) atoms. The minimum atomic E-state index is -1.25. The van der Waals surface area contributed by atoms with Gasteiger partial charge < -0.3 is 19.2 Å². The van der Waals surface area contributed by atoms with Crippen molar-refractivity contribution in [1.29, 1.82) is 0 Å². The number of unbranched alkanes of at least 4 members (excludes halogenated alkanes) is 1. The van der Waals surface area contributed by atoms with Crippen molar-refractivity contribution in [2.45, 2.75) is 12.8 Å². The molecule has 10 heteroatoms. The maximum Gasteiger partial charge on any atom is 0.442 e. The highest BCUT2D eigenvalue weighted by molar-refractivity contribution is 7.17. The standard InChI is InChI=1S/C27H25N3O6S/c31-25-23-16-18-6-7-19(17-22(18)30(25)36-27(33)26(32)35-23)34-14-2-1-9-28-10-12-29(13-11-28)21-4-3-5-24-20(21)8-15-37-24/h3-8,15-17H,1-2,9-14H2. The number of rotatable bonds is 7. The molecule has 0 aliphatic carbocycles. The van der Waals surface area contributed by atoms with Gasteiger partial charge in [-0.3, -0.25) is 9.69 Å². The predicted octanol–water partition coefficient (Wildman–Crippen LogP) is 3.07. The van der Waals surface area contributed by atoms with Gasteiger partial charge >= 0.3 is 17.5 Å². The van der Waals surface area contributed by atoms with Crippen molar-refractivity contribution in [2.75, 3.05) is 44.2 Å². The molecule has 0 saturated carbocycles. The number of benzene rings is 2. The quantitative estimate of drug-likeness (QED) is 0.209. The molecule has 2 aromatic heterocycles. The summed E-state index contributed by atoms with van der Waals surface area (Å²) in [6, 6.07) is 15.3. The molecule has 2 aromatic carbocycles. The lowest BCUT2D eigenvalue weighted by molar-refractivity contribution is -0.160. The third kappa shape index (κ3) is 4.65. The van der Waals surface area contributed by atoms with Gasteiger partial charge in [0.15, 0.2) is 5.75 Å². The molecule has 0 atom stereocenters. The van der Waals surface area contributed by atoms with E-state index in [2.05, 4.69) is 39.4 Å². The van der Waals surface area contributed by atoms with Gasteiger partial charge in [-0.25, -0.2) is 9.59 Å². The van der Waals surface area contributed by atoms with Crippen molar-refractivity contribution in [2.24, 2.45) is 0 Å². The summed E-state index contributed by atoms with van der Waals surface area (Å²) in [5, 5.41) is 4.08. The van der Waals surface area contributed by atoms with Crippen LogP contribution >= 0.6 is 11.3 Å². The number of pyridine rings is 1. The van der Waals surface area contributed by atoms with Crippen molar-refractivity contribution >= 4 is 50.0 Å². The Balaban J connectivity index is 0.999. The Morgan fingerprint density at radius 1 is 0.919 bits per heavy atom. The number of ether oxygens (including phenoxy) is 2. The number of hydrogen-bond acceptors (Lipinski definition) is 9. The van der Waals surface area contributed by atoms with E-state index >= 15 is 0 Å². The Bertz CT molecular complexity index is 1550. The number of esters is 1. The molecular weight excluding hydrogens is 494 g/mol. The molecule has 0 radical (unpaired) electrons. The van der Waals surface area contributed by atoms with Crippen LogP contribution in [0.2, 0.25) is 0 Å². The van der Waals surface area contributed by atoms with Gasteiger partial charge in [-0.05, 0) is 61.2 Å². The van der Waals surface area contributed by atoms with Crippen LogP contribution in [0, 0.1) is 0 Å². The Morgan fingerprint density at radius 3 is 2.65 bits per heavy atom. The molecule has 0 spiro atoms. The van der Waals surface area contributed by atoms with Gasteiger partial charge in [0.1, 0.15) is 5.75 Å². The summed E-state index contributed by atoms with van der Waals surface area (Å²) in [5.74, 6) is -2.18. The van der Waals surface area contributed by atoms with Gasteiger partial charge in [0.2, 0.25) is 0 Å². The molecule has 6 rings (SSSR count). The third-order valence-corrected chi connectivity index (χ3v) is 7.65. The molecule has 0 N–H and O–H groups in total. The van der Waals surface area contributed by atoms with Crippen LogP contribution in [-0.2, 0) is 9.59 Å². The second-order valence-corrected chi connectivity index (χ2v) is 10.0. The van der Waals surface area contributed by atoms with Gasteiger partial charge in [0.25, 0.3) is 0 Å². The molecule has 2 aliphatic rings. The smallest absolute Gasteiger partial charge is 0.442 e. The highest BCUT2D eigenvalue weighted by atomic mass is 32.1. The molecule has 1 fully saturated rings. The minimum Gasteiger partial charge on any atom is -0.494 e. The average Bonchev–Trinajstić information content (AvgIpc) is 3.38. The number of carbonyl (C=O) groups is 2. The Kier molecular flexibility index (Phi) is 6.27. The second kappa shape index (κ2) is 9.87. The van der Waals surface area contributed by atoms with E-state index in [1.807, 2.05) is 0 Å². The SMILES string of the molecule is O=C1Oc2cc3ccc(OCCCCN4CCN(c5cccc6sccc56)CC4)cc3n(c2=O)OC1=O. The Hall–Kier alpha value is -3.89. The van der Waals surface area contributed by atoms with Crippen LogP contribution in [0.3, 0.4) is 0 Å². The maximum absolute atomic E-state index is 12.4. The van der Waals surface area contributed by atoms with Crippen molar-refractivity contribution in [1.82, 2.24) is 9.63 Å². The zero-order chi connectivity index (χ0) is 25.4. The van der Waals surface area contributed by atoms with E-state index < -0.39 is 17.5 Å². The van der Waals surface area contributed by atoms with Gasteiger partial charge in [-0.15, -0.1) is 16.1 Å². The fourth-order valence-corrected chi connectivity index (χ4v) is 5.65. The zero-order valence-corrected chi connectivity index (χ0v) is 20.9. The first kappa shape index (κ1) is 23.5. The molecule has 1 saturated heterocycles. The molecule has 4 aromatic rings. The molecular formula is C27H25N3O6S. The number of hydrogen-bond donors (Lipinski definition) is 0. The lowest BCUT2D eigenvalue weighted by Crippen LogP contribution is -2.46. The van der Waals surface area contributed by atoms with Gasteiger partial charge in [0.05, 0.1) is 12.1 Å². The number of piperazine rings is 1. The van der Waals surface area contributed by atoms with Crippen molar-refractivity contribution in [3.05, 3.63) is 64.3 Å². The summed E-state index contributed by atoms with van der Waals surface area (Å²) in [6.07, 6.45) is 1.90. The molecule has 190 valence electrons. The summed E-state index contributed by atoms with van der Waals surface area (Å²) in [5.41, 5.74) is 0.948. The van der Waals surface area contributed by atoms with Gasteiger partial charge in [-0.2, -0.15) is 0 Å². The monoisotopic (exact) mass is 519 g/mol. The summed E-state index contributed by atoms with van der Waals surface area (Å²) >= 11 is 1.79. The molecule has 4 heterocycles. The molecule has 2 aliphatic heterocycles. The number of thiophene rings is 1. The first-order valence-electron chi connectivity index (χ1n) is 12.3. The Morgan fingerprint density at radius 2 is 1.78 bits per heavy atom. The van der Waals surface area contributed by atoms with Crippen LogP contribution in [0.15, 0.2) is 58.7 Å². The van der Waals surface area contributed by atoms with Crippen LogP contribution in [0.4, 0.5) is 5.69 Å². The van der Waals surface area contributed by atoms with Crippen molar-refractivity contribution < 1.29 is 23.9 Å². The summed E-state index contributed by atoms with van der Waals surface area (Å²) < 4.78 is 12.8. The maximum atomic E-state index is 12.4. The van der Waals surface area contributed by atoms with E-state index in [0.717, 1.165) is 50.3 Å². The van der Waals surface area contributed by atoms with E-state index in [9.17, 15) is 14.4 Å². The predicted molar refractivity (Wildman–Crippen MR) is 141 cm³/mol. The first-order valence-corrected chi connectivity index (χ1v) is 13.2. The van der Waals surface area contributed by atoms with E-state index in [4.69, 9.17) is 14.3 Å². The first-order chi connectivity index (χ1) is 18.1. The number of nitrogens with zero attached hydrogens (tertiary/aromatic N) is 3. The number of carbonyl (C=O) groups excluding carboxylic acids is 2. The largest absolute Gasteiger partial charge is 0.494 e. The highest BCUT2D eigenvalue weighted by Crippen LogP contribution is 2.31. The van der Waals surface area contributed by atoms with Crippen LogP contribution in [-0.4, -0.2) is 60.9 Å². The fraction of sp³-hybridized carbons (Fsp3) is 0.296. The molecule has 0 unspecified atom stereocenters. The normalized spacial score (nSPS) is 16.1. The number of aromatic nitrogens is 1. The number of fused-ring (bicyclic) bond motifs is 5. The lowest BCUT2D eigenvalue weighted by Gasteiger charge is -2.36. The zero-order valence-electron chi connectivity index (χ0n) is 20.1. The summed E-state index contributed by atoms with van der Waals surface area (Å²) in [7, 11) is 0. The average molecular weight is 520 g/mol. The Labute approximate surface area is 216 Å². The van der Waals surface area contributed by atoms with E-state index in [1.54, 1.807) is 29.5 Å². The van der Waals surface area contributed by atoms with Gasteiger partial charge in [0, 0.05) is 53.4 Å². The fourth-order valence-electron chi connectivity index (χ4n) is 4.84. The summed E-state index contributed by atoms with van der Waals surface area (Å²) in [6.45, 7) is 5.66. The second-order valence-electron chi connectivity index (χ2n) is 9.09. The van der Waals surface area contributed by atoms with Crippen LogP contribution in [0.1, 0.15) is 12.8 Å². The van der Waals surface area contributed by atoms with E-state index in [-0.39, 0.29) is 5.75 Å². The topological polar surface area (TPSA) is 90.3 Å².